The van der Waals surface area contributed by atoms with Crippen LogP contribution in [0.25, 0.3) is 16.7 Å². The zero-order valence-electron chi connectivity index (χ0n) is 19.0. The Labute approximate surface area is 200 Å². The Kier molecular flexibility index (Phi) is 5.95. The van der Waals surface area contributed by atoms with Crippen molar-refractivity contribution < 1.29 is 14.2 Å². The molecule has 3 N–H and O–H groups in total. The molecule has 2 atom stereocenters. The Hall–Kier alpha value is -3.11. The number of imidazole rings is 1. The van der Waals surface area contributed by atoms with Crippen LogP contribution in [0.15, 0.2) is 67.2 Å². The Morgan fingerprint density at radius 1 is 1.24 bits per heavy atom. The number of anilines is 2. The van der Waals surface area contributed by atoms with E-state index >= 15 is 0 Å². The minimum Gasteiger partial charge on any atom is -0.496 e. The highest BCUT2D eigenvalue weighted by Crippen LogP contribution is 2.50. The van der Waals surface area contributed by atoms with Gasteiger partial charge in [0.05, 0.1) is 23.4 Å². The van der Waals surface area contributed by atoms with Crippen LogP contribution < -0.4 is 25.3 Å². The van der Waals surface area contributed by atoms with Crippen molar-refractivity contribution in [2.45, 2.75) is 6.42 Å². The smallest absolute Gasteiger partial charge is 0.323 e. The minimum absolute atomic E-state index is 0.393. The van der Waals surface area contributed by atoms with E-state index in [2.05, 4.69) is 28.5 Å². The second-order valence-corrected chi connectivity index (χ2v) is 11.2. The highest BCUT2D eigenvalue weighted by molar-refractivity contribution is 7.67. The van der Waals surface area contributed by atoms with Crippen molar-refractivity contribution in [2.24, 2.45) is 0 Å². The topological polar surface area (TPSA) is 90.5 Å². The van der Waals surface area contributed by atoms with Crippen LogP contribution >= 0.6 is 16.1 Å². The van der Waals surface area contributed by atoms with Gasteiger partial charge in [-0.3, -0.25) is 9.24 Å². The maximum absolute atomic E-state index is 13.4. The molecule has 2 heterocycles. The Bertz CT molecular complexity index is 1390. The van der Waals surface area contributed by atoms with Crippen molar-refractivity contribution in [3.8, 4) is 5.75 Å². The van der Waals surface area contributed by atoms with Crippen LogP contribution in [0, 0.1) is 0 Å². The molecule has 174 valence electrons. The number of fused-ring (bicyclic) bond motifs is 2. The molecule has 2 unspecified atom stereocenters. The van der Waals surface area contributed by atoms with Crippen LogP contribution in [0.1, 0.15) is 11.1 Å². The Morgan fingerprint density at radius 2 is 2.00 bits per heavy atom. The standard InChI is InChI=1S/C25H26N4O3P2/c1-16(26-25-27-20-14-23(32-2)24(33-3)15-21(20)28-25)17-8-10-19(11-9-17)34(30,31)29-13-12-18-6-4-5-7-22(18)29/h4-11,14-15,33H,1,12-13H2,2-3H3,(H,30,31)(H2,26,27,28). The minimum atomic E-state index is -3.72. The van der Waals surface area contributed by atoms with Gasteiger partial charge in [-0.15, -0.1) is 0 Å². The number of H-pyrrole nitrogens is 1. The fourth-order valence-electron chi connectivity index (χ4n) is 4.27. The number of nitrogens with one attached hydrogen (secondary N) is 2. The number of rotatable bonds is 7. The van der Waals surface area contributed by atoms with E-state index in [-0.39, 0.29) is 0 Å². The van der Waals surface area contributed by atoms with Crippen molar-refractivity contribution in [1.82, 2.24) is 9.97 Å². The van der Waals surface area contributed by atoms with Crippen LogP contribution in [0.2, 0.25) is 0 Å². The number of nitrogens with zero attached hydrogens (tertiary/aromatic N) is 2. The second kappa shape index (κ2) is 8.92. The quantitative estimate of drug-likeness (QED) is 0.330. The van der Waals surface area contributed by atoms with E-state index in [1.165, 1.54) is 0 Å². The Morgan fingerprint density at radius 3 is 2.74 bits per heavy atom. The first-order chi connectivity index (χ1) is 16.4. The summed E-state index contributed by atoms with van der Waals surface area (Å²) in [5.74, 6) is 1.41. The third-order valence-corrected chi connectivity index (χ3v) is 9.05. The first kappa shape index (κ1) is 22.7. The molecular weight excluding hydrogens is 466 g/mol. The van der Waals surface area contributed by atoms with E-state index in [9.17, 15) is 9.46 Å². The van der Waals surface area contributed by atoms with Gasteiger partial charge in [0.2, 0.25) is 5.95 Å². The molecule has 1 aliphatic rings. The molecule has 0 aliphatic carbocycles. The van der Waals surface area contributed by atoms with Gasteiger partial charge in [0.1, 0.15) is 5.75 Å². The molecule has 34 heavy (non-hydrogen) atoms. The zero-order chi connectivity index (χ0) is 23.9. The van der Waals surface area contributed by atoms with Crippen LogP contribution in [0.3, 0.4) is 0 Å². The lowest BCUT2D eigenvalue weighted by Gasteiger charge is -2.26. The first-order valence-corrected chi connectivity index (χ1v) is 14.0. The lowest BCUT2D eigenvalue weighted by molar-refractivity contribution is 0.419. The molecule has 0 saturated carbocycles. The molecule has 7 nitrogen and oxygen atoms in total. The largest absolute Gasteiger partial charge is 0.496 e. The van der Waals surface area contributed by atoms with Gasteiger partial charge in [0.25, 0.3) is 0 Å². The molecule has 0 bridgehead atoms. The summed E-state index contributed by atoms with van der Waals surface area (Å²) in [6.45, 7) is 6.75. The van der Waals surface area contributed by atoms with E-state index in [1.54, 1.807) is 36.0 Å². The normalized spacial score (nSPS) is 15.0. The highest BCUT2D eigenvalue weighted by atomic mass is 31.2. The van der Waals surface area contributed by atoms with Gasteiger partial charge in [0, 0.05) is 29.3 Å². The van der Waals surface area contributed by atoms with Gasteiger partial charge in [-0.25, -0.2) is 4.98 Å². The van der Waals surface area contributed by atoms with Crippen molar-refractivity contribution in [1.29, 1.82) is 0 Å². The number of hydrogen-bond acceptors (Lipinski definition) is 4. The summed E-state index contributed by atoms with van der Waals surface area (Å²) in [7, 11) is -1.45. The fourth-order valence-corrected chi connectivity index (χ4v) is 6.65. The lowest BCUT2D eigenvalue weighted by Crippen LogP contribution is -2.24. The number of aromatic amines is 1. The predicted molar refractivity (Wildman–Crippen MR) is 143 cm³/mol. The average Bonchev–Trinajstić information content (AvgIpc) is 3.46. The summed E-state index contributed by atoms with van der Waals surface area (Å²) in [4.78, 5) is 18.9. The summed E-state index contributed by atoms with van der Waals surface area (Å²) in [5, 5.41) is 4.72. The summed E-state index contributed by atoms with van der Waals surface area (Å²) < 4.78 is 20.5. The molecule has 5 rings (SSSR count). The van der Waals surface area contributed by atoms with Crippen LogP contribution in [-0.4, -0.2) is 35.2 Å². The van der Waals surface area contributed by atoms with Gasteiger partial charge in [-0.1, -0.05) is 45.5 Å². The van der Waals surface area contributed by atoms with Crippen molar-refractivity contribution in [3.05, 3.63) is 78.4 Å². The van der Waals surface area contributed by atoms with Gasteiger partial charge >= 0.3 is 7.52 Å². The zero-order valence-corrected chi connectivity index (χ0v) is 20.9. The van der Waals surface area contributed by atoms with Crippen molar-refractivity contribution in [2.75, 3.05) is 30.3 Å². The first-order valence-electron chi connectivity index (χ1n) is 10.9. The molecule has 0 radical (unpaired) electrons. The van der Waals surface area contributed by atoms with Crippen LogP contribution in [0.5, 0.6) is 5.75 Å². The summed E-state index contributed by atoms with van der Waals surface area (Å²) in [6, 6.07) is 18.7. The average molecular weight is 492 g/mol. The maximum atomic E-state index is 13.4. The highest BCUT2D eigenvalue weighted by Gasteiger charge is 2.35. The number of ether oxygens (including phenoxy) is 1. The number of aromatic nitrogens is 2. The number of methoxy groups -OCH3 is 1. The maximum Gasteiger partial charge on any atom is 0.323 e. The molecule has 1 aromatic heterocycles. The monoisotopic (exact) mass is 492 g/mol. The van der Waals surface area contributed by atoms with E-state index in [0.29, 0.717) is 32.1 Å². The van der Waals surface area contributed by atoms with Crippen molar-refractivity contribution >= 4 is 55.1 Å². The fraction of sp³-hybridized carbons (Fsp3) is 0.160. The van der Waals surface area contributed by atoms with E-state index in [0.717, 1.165) is 45.3 Å². The number of para-hydroxylation sites is 1. The molecule has 3 aromatic carbocycles. The Balaban J connectivity index is 1.35. The molecule has 0 amide bonds. The molecule has 0 fully saturated rings. The van der Waals surface area contributed by atoms with Gasteiger partial charge in [-0.2, -0.15) is 0 Å². The van der Waals surface area contributed by atoms with E-state index in [1.807, 2.05) is 36.4 Å². The third kappa shape index (κ3) is 4.01. The van der Waals surface area contributed by atoms with Gasteiger partial charge in [-0.05, 0) is 48.5 Å². The number of hydrogen-bond donors (Lipinski definition) is 3. The van der Waals surface area contributed by atoms with Crippen LogP contribution in [0.4, 0.5) is 11.6 Å². The molecule has 9 heteroatoms. The SMILES string of the molecule is C=C(Nc1nc2cc(PC)c(OC)cc2[nH]1)c1ccc(P(=O)(O)N2CCc3ccccc32)cc1. The van der Waals surface area contributed by atoms with Gasteiger partial charge < -0.3 is 19.9 Å². The second-order valence-electron chi connectivity index (χ2n) is 8.10. The molecule has 0 spiro atoms. The van der Waals surface area contributed by atoms with Crippen molar-refractivity contribution in [3.63, 3.8) is 0 Å². The number of benzene rings is 3. The predicted octanol–water partition coefficient (Wildman–Crippen LogP) is 4.46. The van der Waals surface area contributed by atoms with Crippen LogP contribution in [-0.2, 0) is 11.0 Å². The third-order valence-electron chi connectivity index (χ3n) is 6.08. The molecule has 1 aliphatic heterocycles. The molecule has 4 aromatic rings. The van der Waals surface area contributed by atoms with E-state index < -0.39 is 7.52 Å². The summed E-state index contributed by atoms with van der Waals surface area (Å²) >= 11 is 0. The molecular formula is C25H26N4O3P2. The summed E-state index contributed by atoms with van der Waals surface area (Å²) in [5.41, 5.74) is 5.09. The van der Waals surface area contributed by atoms with Gasteiger partial charge in [0.15, 0.2) is 0 Å². The lowest BCUT2D eigenvalue weighted by atomic mass is 10.2. The van der Waals surface area contributed by atoms with E-state index in [4.69, 9.17) is 4.74 Å². The summed E-state index contributed by atoms with van der Waals surface area (Å²) in [6.07, 6.45) is 0.767. The molecule has 0 saturated heterocycles.